The molecule has 1 amide bonds. The molecule has 0 saturated carbocycles. The molecule has 0 radical (unpaired) electrons. The average molecular weight is 259 g/mol. The molecule has 0 bridgehead atoms. The number of carbonyl (C=O) groups excluding carboxylic acids is 1. The summed E-state index contributed by atoms with van der Waals surface area (Å²) in [5, 5.41) is 13.0. The molecule has 0 aliphatic carbocycles. The Morgan fingerprint density at radius 1 is 1.39 bits per heavy atom. The van der Waals surface area contributed by atoms with Crippen LogP contribution in [0.15, 0.2) is 35.8 Å². The molecular formula is C11H9N5OS. The Balaban J connectivity index is 1.78. The van der Waals surface area contributed by atoms with Gasteiger partial charge in [0.15, 0.2) is 5.13 Å². The van der Waals surface area contributed by atoms with Crippen LogP contribution in [0.25, 0.3) is 11.0 Å². The van der Waals surface area contributed by atoms with Crippen LogP contribution in [-0.4, -0.2) is 25.9 Å². The summed E-state index contributed by atoms with van der Waals surface area (Å²) in [6, 6.07) is 7.52. The maximum absolute atomic E-state index is 11.8. The minimum Gasteiger partial charge on any atom is -0.300 e. The zero-order valence-corrected chi connectivity index (χ0v) is 10.1. The first kappa shape index (κ1) is 10.8. The lowest BCUT2D eigenvalue weighted by atomic mass is 10.3. The molecule has 0 saturated heterocycles. The Morgan fingerprint density at radius 3 is 3.11 bits per heavy atom. The molecule has 0 atom stereocenters. The fraction of sp³-hybridized carbons (Fsp3) is 0.0909. The van der Waals surface area contributed by atoms with E-state index in [0.717, 1.165) is 11.0 Å². The van der Waals surface area contributed by atoms with Crippen molar-refractivity contribution in [3.8, 4) is 0 Å². The Hall–Kier alpha value is -2.28. The number of hydrogen-bond acceptors (Lipinski definition) is 5. The fourth-order valence-corrected chi connectivity index (χ4v) is 2.16. The molecule has 3 rings (SSSR count). The summed E-state index contributed by atoms with van der Waals surface area (Å²) >= 11 is 1.38. The van der Waals surface area contributed by atoms with Gasteiger partial charge in [-0.2, -0.15) is 0 Å². The van der Waals surface area contributed by atoms with E-state index in [4.69, 9.17) is 0 Å². The van der Waals surface area contributed by atoms with Crippen LogP contribution in [0.1, 0.15) is 0 Å². The fourth-order valence-electron chi connectivity index (χ4n) is 1.61. The van der Waals surface area contributed by atoms with E-state index in [1.807, 2.05) is 24.3 Å². The van der Waals surface area contributed by atoms with E-state index in [9.17, 15) is 4.79 Å². The number of carbonyl (C=O) groups is 1. The SMILES string of the molecule is O=C(Cn1nnc2ccccc21)Nc1nccs1. The van der Waals surface area contributed by atoms with E-state index in [1.165, 1.54) is 11.3 Å². The van der Waals surface area contributed by atoms with Gasteiger partial charge in [0.25, 0.3) is 0 Å². The highest BCUT2D eigenvalue weighted by molar-refractivity contribution is 7.13. The lowest BCUT2D eigenvalue weighted by Crippen LogP contribution is -2.19. The highest BCUT2D eigenvalue weighted by Gasteiger charge is 2.09. The van der Waals surface area contributed by atoms with Crippen molar-refractivity contribution in [1.82, 2.24) is 20.0 Å². The number of fused-ring (bicyclic) bond motifs is 1. The lowest BCUT2D eigenvalue weighted by Gasteiger charge is -2.02. The van der Waals surface area contributed by atoms with E-state index in [2.05, 4.69) is 20.6 Å². The second-order valence-corrected chi connectivity index (χ2v) is 4.52. The summed E-state index contributed by atoms with van der Waals surface area (Å²) in [6.07, 6.45) is 1.64. The largest absolute Gasteiger partial charge is 0.300 e. The predicted octanol–water partition coefficient (Wildman–Crippen LogP) is 1.53. The number of benzene rings is 1. The third kappa shape index (κ3) is 2.07. The third-order valence-electron chi connectivity index (χ3n) is 2.39. The van der Waals surface area contributed by atoms with Gasteiger partial charge < -0.3 is 5.32 Å². The summed E-state index contributed by atoms with van der Waals surface area (Å²) < 4.78 is 1.57. The summed E-state index contributed by atoms with van der Waals surface area (Å²) in [6.45, 7) is 0.125. The summed E-state index contributed by atoms with van der Waals surface area (Å²) in [7, 11) is 0. The Bertz CT molecular complexity index is 676. The van der Waals surface area contributed by atoms with Crippen molar-refractivity contribution in [1.29, 1.82) is 0 Å². The topological polar surface area (TPSA) is 72.7 Å². The van der Waals surface area contributed by atoms with Gasteiger partial charge in [-0.25, -0.2) is 9.67 Å². The number of rotatable bonds is 3. The van der Waals surface area contributed by atoms with Gasteiger partial charge in [0.2, 0.25) is 5.91 Å². The van der Waals surface area contributed by atoms with Crippen LogP contribution < -0.4 is 5.32 Å². The molecule has 0 aliphatic heterocycles. The van der Waals surface area contributed by atoms with Gasteiger partial charge in [-0.1, -0.05) is 17.3 Å². The molecular weight excluding hydrogens is 250 g/mol. The van der Waals surface area contributed by atoms with E-state index >= 15 is 0 Å². The number of nitrogens with zero attached hydrogens (tertiary/aromatic N) is 4. The molecule has 2 heterocycles. The van der Waals surface area contributed by atoms with Gasteiger partial charge in [0.1, 0.15) is 12.1 Å². The van der Waals surface area contributed by atoms with Gasteiger partial charge in [-0.15, -0.1) is 16.4 Å². The van der Waals surface area contributed by atoms with Crippen molar-refractivity contribution in [2.75, 3.05) is 5.32 Å². The van der Waals surface area contributed by atoms with Crippen molar-refractivity contribution in [3.05, 3.63) is 35.8 Å². The maximum atomic E-state index is 11.8. The van der Waals surface area contributed by atoms with Crippen LogP contribution in [0.2, 0.25) is 0 Å². The number of amides is 1. The van der Waals surface area contributed by atoms with Crippen LogP contribution in [0.5, 0.6) is 0 Å². The molecule has 3 aromatic rings. The zero-order chi connectivity index (χ0) is 12.4. The van der Waals surface area contributed by atoms with Gasteiger partial charge in [-0.05, 0) is 12.1 Å². The van der Waals surface area contributed by atoms with Crippen molar-refractivity contribution in [3.63, 3.8) is 0 Å². The standard InChI is InChI=1S/C11H9N5OS/c17-10(13-11-12-5-6-18-11)7-16-9-4-2-1-3-8(9)14-15-16/h1-6H,7H2,(H,12,13,17). The number of nitrogens with one attached hydrogen (secondary N) is 1. The minimum atomic E-state index is -0.166. The lowest BCUT2D eigenvalue weighted by molar-refractivity contribution is -0.116. The molecule has 0 fully saturated rings. The number of anilines is 1. The number of aromatic nitrogens is 4. The molecule has 0 aliphatic rings. The molecule has 0 spiro atoms. The number of para-hydroxylation sites is 1. The molecule has 18 heavy (non-hydrogen) atoms. The first-order valence-electron chi connectivity index (χ1n) is 5.30. The van der Waals surface area contributed by atoms with E-state index < -0.39 is 0 Å². The van der Waals surface area contributed by atoms with Crippen molar-refractivity contribution >= 4 is 33.4 Å². The monoisotopic (exact) mass is 259 g/mol. The molecule has 90 valence electrons. The Morgan fingerprint density at radius 2 is 2.28 bits per heavy atom. The van der Waals surface area contributed by atoms with Gasteiger partial charge in [-0.3, -0.25) is 4.79 Å². The summed E-state index contributed by atoms with van der Waals surface area (Å²) in [5.41, 5.74) is 1.62. The van der Waals surface area contributed by atoms with Crippen LogP contribution in [0.3, 0.4) is 0 Å². The summed E-state index contributed by atoms with van der Waals surface area (Å²) in [4.78, 5) is 15.8. The predicted molar refractivity (Wildman–Crippen MR) is 68.3 cm³/mol. The van der Waals surface area contributed by atoms with Gasteiger partial charge in [0, 0.05) is 11.6 Å². The third-order valence-corrected chi connectivity index (χ3v) is 3.08. The Labute approximate surface area is 106 Å². The van der Waals surface area contributed by atoms with E-state index in [1.54, 1.807) is 16.3 Å². The Kier molecular flexibility index (Phi) is 2.73. The minimum absolute atomic E-state index is 0.125. The van der Waals surface area contributed by atoms with Crippen molar-refractivity contribution < 1.29 is 4.79 Å². The first-order valence-corrected chi connectivity index (χ1v) is 6.18. The van der Waals surface area contributed by atoms with Crippen LogP contribution >= 0.6 is 11.3 Å². The first-order chi connectivity index (χ1) is 8.83. The van der Waals surface area contributed by atoms with Crippen LogP contribution in [-0.2, 0) is 11.3 Å². The van der Waals surface area contributed by atoms with Crippen molar-refractivity contribution in [2.24, 2.45) is 0 Å². The summed E-state index contributed by atoms with van der Waals surface area (Å²) in [5.74, 6) is -0.166. The quantitative estimate of drug-likeness (QED) is 0.774. The highest BCUT2D eigenvalue weighted by atomic mass is 32.1. The van der Waals surface area contributed by atoms with Crippen LogP contribution in [0.4, 0.5) is 5.13 Å². The zero-order valence-electron chi connectivity index (χ0n) is 9.28. The van der Waals surface area contributed by atoms with Crippen LogP contribution in [0, 0.1) is 0 Å². The molecule has 7 heteroatoms. The number of thiazole rings is 1. The molecule has 0 unspecified atom stereocenters. The molecule has 6 nitrogen and oxygen atoms in total. The van der Waals surface area contributed by atoms with Gasteiger partial charge >= 0.3 is 0 Å². The normalized spacial score (nSPS) is 10.7. The molecule has 1 N–H and O–H groups in total. The molecule has 1 aromatic carbocycles. The average Bonchev–Trinajstić information content (AvgIpc) is 3.00. The van der Waals surface area contributed by atoms with Gasteiger partial charge in [0.05, 0.1) is 5.52 Å². The molecule has 2 aromatic heterocycles. The highest BCUT2D eigenvalue weighted by Crippen LogP contribution is 2.12. The van der Waals surface area contributed by atoms with E-state index in [-0.39, 0.29) is 12.5 Å². The van der Waals surface area contributed by atoms with E-state index in [0.29, 0.717) is 5.13 Å². The maximum Gasteiger partial charge on any atom is 0.247 e. The smallest absolute Gasteiger partial charge is 0.247 e. The second kappa shape index (κ2) is 4.53. The second-order valence-electron chi connectivity index (χ2n) is 3.62. The number of hydrogen-bond donors (Lipinski definition) is 1. The van der Waals surface area contributed by atoms with Crippen molar-refractivity contribution in [2.45, 2.75) is 6.54 Å².